The molecule has 27 heavy (non-hydrogen) atoms. The molecular weight excluding hydrogens is 370 g/mol. The average molecular weight is 389 g/mol. The number of anilines is 1. The fraction of sp³-hybridized carbons (Fsp3) is 0.222. The van der Waals surface area contributed by atoms with E-state index in [0.717, 1.165) is 0 Å². The van der Waals surface area contributed by atoms with Crippen LogP contribution >= 0.6 is 0 Å². The van der Waals surface area contributed by atoms with Crippen molar-refractivity contribution in [3.63, 3.8) is 0 Å². The van der Waals surface area contributed by atoms with E-state index in [9.17, 15) is 18.0 Å². The fourth-order valence-corrected chi connectivity index (χ4v) is 3.98. The zero-order chi connectivity index (χ0) is 19.8. The molecule has 0 saturated carbocycles. The molecule has 3 aromatic rings. The third kappa shape index (κ3) is 3.59. The molecule has 0 bridgehead atoms. The molecule has 0 aliphatic heterocycles. The molecule has 3 rings (SSSR count). The van der Waals surface area contributed by atoms with Gasteiger partial charge in [0.15, 0.2) is 9.84 Å². The standard InChI is InChI=1S/C18H19N3O5S/c1-20-15-8-7-14(10-16(15)21(2)18(20)23)27(24,25)11-17(22)19-12-5-4-6-13(9-12)26-3/h4-10H,11H2,1-3H3,(H,19,22). The first kappa shape index (κ1) is 18.7. The number of hydrogen-bond acceptors (Lipinski definition) is 5. The Hall–Kier alpha value is -3.07. The SMILES string of the molecule is COc1cccc(NC(=O)CS(=O)(=O)c2ccc3c(c2)n(C)c(=O)n3C)c1. The van der Waals surface area contributed by atoms with Gasteiger partial charge in [0.2, 0.25) is 5.91 Å². The highest BCUT2D eigenvalue weighted by Gasteiger charge is 2.21. The van der Waals surface area contributed by atoms with Gasteiger partial charge in [0.1, 0.15) is 11.5 Å². The number of aryl methyl sites for hydroxylation is 2. The summed E-state index contributed by atoms with van der Waals surface area (Å²) in [5.74, 6) is -0.826. The molecular formula is C18H19N3O5S. The van der Waals surface area contributed by atoms with Gasteiger partial charge in [-0.2, -0.15) is 0 Å². The second-order valence-electron chi connectivity index (χ2n) is 6.09. The van der Waals surface area contributed by atoms with Crippen LogP contribution in [0.3, 0.4) is 0 Å². The van der Waals surface area contributed by atoms with Crippen LogP contribution in [0, 0.1) is 0 Å². The van der Waals surface area contributed by atoms with E-state index in [1.165, 1.54) is 28.4 Å². The van der Waals surface area contributed by atoms with E-state index in [1.807, 2.05) is 0 Å². The minimum absolute atomic E-state index is 0.0167. The van der Waals surface area contributed by atoms with Crippen molar-refractivity contribution in [2.75, 3.05) is 18.2 Å². The Morgan fingerprint density at radius 2 is 1.78 bits per heavy atom. The Bertz CT molecular complexity index is 1190. The minimum atomic E-state index is -3.88. The number of benzene rings is 2. The maximum Gasteiger partial charge on any atom is 0.328 e. The zero-order valence-electron chi connectivity index (χ0n) is 15.1. The second-order valence-corrected chi connectivity index (χ2v) is 8.08. The summed E-state index contributed by atoms with van der Waals surface area (Å²) in [5, 5.41) is 2.55. The normalized spacial score (nSPS) is 11.5. The van der Waals surface area contributed by atoms with E-state index in [0.29, 0.717) is 22.5 Å². The number of hydrogen-bond donors (Lipinski definition) is 1. The number of fused-ring (bicyclic) bond motifs is 1. The summed E-state index contributed by atoms with van der Waals surface area (Å²) in [6.07, 6.45) is 0. The van der Waals surface area contributed by atoms with Crippen LogP contribution in [-0.2, 0) is 28.7 Å². The fourth-order valence-electron chi connectivity index (χ4n) is 2.83. The Labute approximate surface area is 155 Å². The number of nitrogens with one attached hydrogen (secondary N) is 1. The number of sulfone groups is 1. The van der Waals surface area contributed by atoms with Gasteiger partial charge >= 0.3 is 5.69 Å². The average Bonchev–Trinajstić information content (AvgIpc) is 2.85. The largest absolute Gasteiger partial charge is 0.497 e. The van der Waals surface area contributed by atoms with Crippen LogP contribution in [0.25, 0.3) is 11.0 Å². The molecule has 1 N–H and O–H groups in total. The smallest absolute Gasteiger partial charge is 0.328 e. The van der Waals surface area contributed by atoms with Crippen molar-refractivity contribution in [3.8, 4) is 5.75 Å². The van der Waals surface area contributed by atoms with Gasteiger partial charge in [0.05, 0.1) is 23.0 Å². The van der Waals surface area contributed by atoms with Crippen molar-refractivity contribution in [2.24, 2.45) is 14.1 Å². The molecule has 2 aromatic carbocycles. The van der Waals surface area contributed by atoms with Crippen molar-refractivity contribution in [1.82, 2.24) is 9.13 Å². The first-order valence-corrected chi connectivity index (χ1v) is 9.70. The first-order valence-electron chi connectivity index (χ1n) is 8.05. The van der Waals surface area contributed by atoms with Crippen molar-refractivity contribution in [3.05, 3.63) is 52.9 Å². The molecule has 0 spiro atoms. The number of carbonyl (C=O) groups is 1. The molecule has 0 aliphatic carbocycles. The van der Waals surface area contributed by atoms with Crippen LogP contribution < -0.4 is 15.7 Å². The van der Waals surface area contributed by atoms with Crippen LogP contribution in [0.15, 0.2) is 52.2 Å². The molecule has 0 aliphatic rings. The second kappa shape index (κ2) is 6.92. The molecule has 1 heterocycles. The third-order valence-electron chi connectivity index (χ3n) is 4.28. The molecule has 0 fully saturated rings. The molecule has 142 valence electrons. The monoisotopic (exact) mass is 389 g/mol. The summed E-state index contributed by atoms with van der Waals surface area (Å²) in [6.45, 7) is 0. The van der Waals surface area contributed by atoms with Gasteiger partial charge in [-0.05, 0) is 30.3 Å². The Morgan fingerprint density at radius 1 is 1.07 bits per heavy atom. The Kier molecular flexibility index (Phi) is 4.79. The number of imidazole rings is 1. The van der Waals surface area contributed by atoms with E-state index in [4.69, 9.17) is 4.74 Å². The zero-order valence-corrected chi connectivity index (χ0v) is 15.9. The lowest BCUT2D eigenvalue weighted by Gasteiger charge is -2.08. The molecule has 9 heteroatoms. The van der Waals surface area contributed by atoms with Gasteiger partial charge in [0, 0.05) is 25.8 Å². The topological polar surface area (TPSA) is 99.4 Å². The van der Waals surface area contributed by atoms with Gasteiger partial charge in [-0.3, -0.25) is 13.9 Å². The Morgan fingerprint density at radius 3 is 2.48 bits per heavy atom. The van der Waals surface area contributed by atoms with E-state index < -0.39 is 21.5 Å². The molecule has 1 amide bonds. The maximum absolute atomic E-state index is 12.6. The Balaban J connectivity index is 1.85. The van der Waals surface area contributed by atoms with Gasteiger partial charge < -0.3 is 10.1 Å². The van der Waals surface area contributed by atoms with Gasteiger partial charge in [-0.25, -0.2) is 13.2 Å². The highest BCUT2D eigenvalue weighted by atomic mass is 32.2. The predicted molar refractivity (Wildman–Crippen MR) is 102 cm³/mol. The van der Waals surface area contributed by atoms with E-state index in [2.05, 4.69) is 5.32 Å². The van der Waals surface area contributed by atoms with Crippen molar-refractivity contribution >= 4 is 32.5 Å². The molecule has 0 radical (unpaired) electrons. The summed E-state index contributed by atoms with van der Waals surface area (Å²) >= 11 is 0. The summed E-state index contributed by atoms with van der Waals surface area (Å²) in [6, 6.07) is 11.0. The number of aromatic nitrogens is 2. The molecule has 0 atom stereocenters. The van der Waals surface area contributed by atoms with Crippen LogP contribution in [0.5, 0.6) is 5.75 Å². The lowest BCUT2D eigenvalue weighted by molar-refractivity contribution is -0.113. The number of amides is 1. The maximum atomic E-state index is 12.6. The van der Waals surface area contributed by atoms with Gasteiger partial charge in [0.25, 0.3) is 0 Å². The van der Waals surface area contributed by atoms with Gasteiger partial charge in [-0.1, -0.05) is 6.07 Å². The van der Waals surface area contributed by atoms with Crippen LogP contribution in [0.1, 0.15) is 0 Å². The van der Waals surface area contributed by atoms with Crippen molar-refractivity contribution in [1.29, 1.82) is 0 Å². The summed E-state index contributed by atoms with van der Waals surface area (Å²) in [7, 11) is 0.801. The van der Waals surface area contributed by atoms with Crippen molar-refractivity contribution < 1.29 is 17.9 Å². The van der Waals surface area contributed by atoms with Gasteiger partial charge in [-0.15, -0.1) is 0 Å². The lowest BCUT2D eigenvalue weighted by Crippen LogP contribution is -2.23. The van der Waals surface area contributed by atoms with Crippen LogP contribution in [0.4, 0.5) is 5.69 Å². The summed E-state index contributed by atoms with van der Waals surface area (Å²) in [4.78, 5) is 24.2. The lowest BCUT2D eigenvalue weighted by atomic mass is 10.3. The number of rotatable bonds is 5. The van der Waals surface area contributed by atoms with Crippen molar-refractivity contribution in [2.45, 2.75) is 4.90 Å². The molecule has 8 nitrogen and oxygen atoms in total. The predicted octanol–water partition coefficient (Wildman–Crippen LogP) is 1.30. The number of nitrogens with zero attached hydrogens (tertiary/aromatic N) is 2. The number of ether oxygens (including phenoxy) is 1. The first-order chi connectivity index (χ1) is 12.7. The highest BCUT2D eigenvalue weighted by molar-refractivity contribution is 7.92. The van der Waals surface area contributed by atoms with E-state index >= 15 is 0 Å². The van der Waals surface area contributed by atoms with E-state index in [-0.39, 0.29) is 10.6 Å². The third-order valence-corrected chi connectivity index (χ3v) is 5.89. The molecule has 0 unspecified atom stereocenters. The molecule has 0 saturated heterocycles. The van der Waals surface area contributed by atoms with Crippen LogP contribution in [0.2, 0.25) is 0 Å². The van der Waals surface area contributed by atoms with E-state index in [1.54, 1.807) is 44.4 Å². The quantitative estimate of drug-likeness (QED) is 0.709. The van der Waals surface area contributed by atoms with Crippen LogP contribution in [-0.4, -0.2) is 36.3 Å². The summed E-state index contributed by atoms with van der Waals surface area (Å²) < 4.78 is 33.1. The minimum Gasteiger partial charge on any atom is -0.497 e. The number of carbonyl (C=O) groups excluding carboxylic acids is 1. The highest BCUT2D eigenvalue weighted by Crippen LogP contribution is 2.20. The molecule has 1 aromatic heterocycles. The summed E-state index contributed by atoms with van der Waals surface area (Å²) in [5.41, 5.74) is 1.28. The number of methoxy groups -OCH3 is 1.